The van der Waals surface area contributed by atoms with Crippen LogP contribution in [0, 0.1) is 0 Å². The molecule has 2 aromatic carbocycles. The largest absolute Gasteiger partial charge is 0.490 e. The van der Waals surface area contributed by atoms with Crippen LogP contribution in [0.5, 0.6) is 11.5 Å². The fraction of sp³-hybridized carbons (Fsp3) is 0.368. The molecule has 2 rings (SSSR count). The molecule has 0 fully saturated rings. The second kappa shape index (κ2) is 9.67. The second-order valence-corrected chi connectivity index (χ2v) is 7.58. The van der Waals surface area contributed by atoms with E-state index < -0.39 is 0 Å². The standard InChI is InChI=1S/C19H22BrCl2NO2/c1-4-24-18-9-14(10-23-12(2)3)7-15(20)19(18)25-11-13-5-6-16(21)17(22)8-13/h5-9,12,23H,4,10-11H2,1-3H3. The Hall–Kier alpha value is -0.940. The molecule has 1 N–H and O–H groups in total. The Balaban J connectivity index is 2.18. The fourth-order valence-corrected chi connectivity index (χ4v) is 3.16. The predicted molar refractivity (Wildman–Crippen MR) is 108 cm³/mol. The van der Waals surface area contributed by atoms with Crippen molar-refractivity contribution < 1.29 is 9.47 Å². The first-order valence-corrected chi connectivity index (χ1v) is 9.71. The Morgan fingerprint density at radius 2 is 1.80 bits per heavy atom. The highest BCUT2D eigenvalue weighted by Gasteiger charge is 2.13. The zero-order valence-corrected chi connectivity index (χ0v) is 17.6. The number of ether oxygens (including phenoxy) is 2. The summed E-state index contributed by atoms with van der Waals surface area (Å²) in [5.41, 5.74) is 2.07. The van der Waals surface area contributed by atoms with Crippen molar-refractivity contribution in [1.82, 2.24) is 5.32 Å². The zero-order chi connectivity index (χ0) is 18.4. The van der Waals surface area contributed by atoms with Crippen LogP contribution < -0.4 is 14.8 Å². The summed E-state index contributed by atoms with van der Waals surface area (Å²) in [6.45, 7) is 7.90. The van der Waals surface area contributed by atoms with Gasteiger partial charge in [0.25, 0.3) is 0 Å². The highest BCUT2D eigenvalue weighted by atomic mass is 79.9. The molecule has 0 radical (unpaired) electrons. The lowest BCUT2D eigenvalue weighted by atomic mass is 10.2. The first-order chi connectivity index (χ1) is 11.9. The Morgan fingerprint density at radius 1 is 1.04 bits per heavy atom. The quantitative estimate of drug-likeness (QED) is 0.521. The van der Waals surface area contributed by atoms with E-state index in [1.807, 2.05) is 25.1 Å². The predicted octanol–water partition coefficient (Wildman–Crippen LogP) is 6.23. The molecule has 136 valence electrons. The van der Waals surface area contributed by atoms with E-state index in [2.05, 4.69) is 35.1 Å². The van der Waals surface area contributed by atoms with Crippen molar-refractivity contribution >= 4 is 39.1 Å². The van der Waals surface area contributed by atoms with Crippen LogP contribution in [0.3, 0.4) is 0 Å². The molecule has 25 heavy (non-hydrogen) atoms. The smallest absolute Gasteiger partial charge is 0.175 e. The van der Waals surface area contributed by atoms with E-state index in [-0.39, 0.29) is 0 Å². The normalized spacial score (nSPS) is 11.0. The van der Waals surface area contributed by atoms with Crippen molar-refractivity contribution in [3.8, 4) is 11.5 Å². The fourth-order valence-electron chi connectivity index (χ4n) is 2.23. The van der Waals surface area contributed by atoms with Gasteiger partial charge in [-0.3, -0.25) is 0 Å². The molecule has 3 nitrogen and oxygen atoms in total. The first kappa shape index (κ1) is 20.4. The van der Waals surface area contributed by atoms with E-state index in [9.17, 15) is 0 Å². The van der Waals surface area contributed by atoms with Crippen LogP contribution in [-0.4, -0.2) is 12.6 Å². The molecule has 0 atom stereocenters. The summed E-state index contributed by atoms with van der Waals surface area (Å²) in [5, 5.41) is 4.45. The number of nitrogens with one attached hydrogen (secondary N) is 1. The van der Waals surface area contributed by atoms with Crippen molar-refractivity contribution in [2.45, 2.75) is 40.0 Å². The Bertz CT molecular complexity index is 723. The monoisotopic (exact) mass is 445 g/mol. The number of hydrogen-bond donors (Lipinski definition) is 1. The van der Waals surface area contributed by atoms with Gasteiger partial charge in [-0.1, -0.05) is 43.1 Å². The molecule has 0 saturated heterocycles. The summed E-state index contributed by atoms with van der Waals surface area (Å²) in [5.74, 6) is 1.40. The lowest BCUT2D eigenvalue weighted by molar-refractivity contribution is 0.267. The van der Waals surface area contributed by atoms with E-state index in [4.69, 9.17) is 32.7 Å². The molecule has 0 heterocycles. The van der Waals surface area contributed by atoms with Crippen molar-refractivity contribution in [3.05, 3.63) is 56.0 Å². The highest BCUT2D eigenvalue weighted by molar-refractivity contribution is 9.10. The molecule has 0 aromatic heterocycles. The van der Waals surface area contributed by atoms with Gasteiger partial charge in [0.15, 0.2) is 11.5 Å². The van der Waals surface area contributed by atoms with Crippen LogP contribution in [0.1, 0.15) is 31.9 Å². The zero-order valence-electron chi connectivity index (χ0n) is 14.5. The average Bonchev–Trinajstić information content (AvgIpc) is 2.55. The van der Waals surface area contributed by atoms with Crippen LogP contribution in [-0.2, 0) is 13.2 Å². The maximum atomic E-state index is 6.06. The second-order valence-electron chi connectivity index (χ2n) is 5.91. The van der Waals surface area contributed by atoms with E-state index in [0.717, 1.165) is 27.9 Å². The Morgan fingerprint density at radius 3 is 2.44 bits per heavy atom. The molecule has 0 aliphatic carbocycles. The maximum Gasteiger partial charge on any atom is 0.175 e. The van der Waals surface area contributed by atoms with E-state index in [1.54, 1.807) is 12.1 Å². The van der Waals surface area contributed by atoms with Gasteiger partial charge in [-0.05, 0) is 58.2 Å². The Labute approximate surface area is 167 Å². The van der Waals surface area contributed by atoms with E-state index in [0.29, 0.717) is 35.1 Å². The number of hydrogen-bond acceptors (Lipinski definition) is 3. The third-order valence-corrected chi connectivity index (χ3v) is 4.78. The molecule has 0 aliphatic rings. The van der Waals surface area contributed by atoms with Gasteiger partial charge in [-0.25, -0.2) is 0 Å². The summed E-state index contributed by atoms with van der Waals surface area (Å²) >= 11 is 15.6. The van der Waals surface area contributed by atoms with Crippen molar-refractivity contribution in [2.75, 3.05) is 6.61 Å². The number of halogens is 3. The summed E-state index contributed by atoms with van der Waals surface area (Å²) in [4.78, 5) is 0. The van der Waals surface area contributed by atoms with Gasteiger partial charge < -0.3 is 14.8 Å². The van der Waals surface area contributed by atoms with Gasteiger partial charge in [-0.2, -0.15) is 0 Å². The molecular weight excluding hydrogens is 425 g/mol. The number of rotatable bonds is 8. The molecule has 0 spiro atoms. The molecule has 0 unspecified atom stereocenters. The number of benzene rings is 2. The summed E-state index contributed by atoms with van der Waals surface area (Å²) in [7, 11) is 0. The SMILES string of the molecule is CCOc1cc(CNC(C)C)cc(Br)c1OCc1ccc(Cl)c(Cl)c1. The minimum Gasteiger partial charge on any atom is -0.490 e. The molecule has 6 heteroatoms. The van der Waals surface area contributed by atoms with Gasteiger partial charge in [0.2, 0.25) is 0 Å². The molecule has 0 aliphatic heterocycles. The van der Waals surface area contributed by atoms with Crippen molar-refractivity contribution in [2.24, 2.45) is 0 Å². The summed E-state index contributed by atoms with van der Waals surface area (Å²) < 4.78 is 12.6. The van der Waals surface area contributed by atoms with Gasteiger partial charge in [-0.15, -0.1) is 0 Å². The van der Waals surface area contributed by atoms with Gasteiger partial charge >= 0.3 is 0 Å². The maximum absolute atomic E-state index is 6.06. The molecule has 0 amide bonds. The van der Waals surface area contributed by atoms with Crippen LogP contribution in [0.2, 0.25) is 10.0 Å². The topological polar surface area (TPSA) is 30.5 Å². The first-order valence-electron chi connectivity index (χ1n) is 8.16. The minimum absolute atomic E-state index is 0.374. The highest BCUT2D eigenvalue weighted by Crippen LogP contribution is 2.37. The van der Waals surface area contributed by atoms with Crippen LogP contribution in [0.15, 0.2) is 34.8 Å². The molecule has 0 bridgehead atoms. The third-order valence-electron chi connectivity index (χ3n) is 3.45. The van der Waals surface area contributed by atoms with Crippen LogP contribution >= 0.6 is 39.1 Å². The summed E-state index contributed by atoms with van der Waals surface area (Å²) in [6.07, 6.45) is 0. The van der Waals surface area contributed by atoms with Crippen LogP contribution in [0.4, 0.5) is 0 Å². The lowest BCUT2D eigenvalue weighted by Crippen LogP contribution is -2.21. The molecule has 2 aromatic rings. The van der Waals surface area contributed by atoms with Gasteiger partial charge in [0.05, 0.1) is 21.1 Å². The van der Waals surface area contributed by atoms with Gasteiger partial charge in [0.1, 0.15) is 6.61 Å². The van der Waals surface area contributed by atoms with E-state index >= 15 is 0 Å². The summed E-state index contributed by atoms with van der Waals surface area (Å²) in [6, 6.07) is 9.93. The van der Waals surface area contributed by atoms with Crippen molar-refractivity contribution in [1.29, 1.82) is 0 Å². The minimum atomic E-state index is 0.374. The van der Waals surface area contributed by atoms with Crippen molar-refractivity contribution in [3.63, 3.8) is 0 Å². The Kier molecular flexibility index (Phi) is 7.88. The third kappa shape index (κ3) is 6.07. The average molecular weight is 447 g/mol. The lowest BCUT2D eigenvalue weighted by Gasteiger charge is -2.16. The molecule has 0 saturated carbocycles. The van der Waals surface area contributed by atoms with E-state index in [1.165, 1.54) is 0 Å². The molecular formula is C19H22BrCl2NO2. The van der Waals surface area contributed by atoms with Gasteiger partial charge in [0, 0.05) is 12.6 Å². The van der Waals surface area contributed by atoms with Crippen LogP contribution in [0.25, 0.3) is 0 Å².